The average Bonchev–Trinajstić information content (AvgIpc) is 3.13. The Balaban J connectivity index is 1.79. The quantitative estimate of drug-likeness (QED) is 0.204. The lowest BCUT2D eigenvalue weighted by Crippen LogP contribution is -2.71. The van der Waals surface area contributed by atoms with Crippen molar-refractivity contribution in [3.8, 4) is 0 Å². The maximum Gasteiger partial charge on any atom is 0.353 e. The van der Waals surface area contributed by atoms with Crippen LogP contribution in [0.4, 0.5) is 5.13 Å². The summed E-state index contributed by atoms with van der Waals surface area (Å²) in [5.74, 6) is -3.86. The number of amides is 2. The minimum absolute atomic E-state index is 0.0401. The molecule has 2 aliphatic heterocycles. The molecule has 1 aromatic heterocycles. The van der Waals surface area contributed by atoms with Gasteiger partial charge < -0.3 is 26.1 Å². The van der Waals surface area contributed by atoms with Crippen molar-refractivity contribution in [1.82, 2.24) is 19.6 Å². The Morgan fingerprint density at radius 3 is 2.73 bits per heavy atom. The maximum atomic E-state index is 12.7. The Morgan fingerprint density at radius 2 is 2.17 bits per heavy atom. The normalized spacial score (nSPS) is 21.0. The summed E-state index contributed by atoms with van der Waals surface area (Å²) in [7, 11) is 0. The van der Waals surface area contributed by atoms with Gasteiger partial charge in [0.1, 0.15) is 17.1 Å². The van der Waals surface area contributed by atoms with Crippen LogP contribution in [-0.4, -0.2) is 84.0 Å². The second-order valence-corrected chi connectivity index (χ2v) is 8.49. The molecule has 0 spiro atoms. The van der Waals surface area contributed by atoms with Crippen molar-refractivity contribution in [2.24, 2.45) is 5.16 Å². The average molecular weight is 475 g/mol. The molecule has 160 valence electrons. The molecule has 0 bridgehead atoms. The van der Waals surface area contributed by atoms with Crippen LogP contribution in [0.2, 0.25) is 0 Å². The van der Waals surface area contributed by atoms with Crippen LogP contribution in [0.1, 0.15) is 5.82 Å². The molecule has 0 aliphatic carbocycles. The van der Waals surface area contributed by atoms with E-state index in [1.165, 1.54) is 23.5 Å². The Hall–Kier alpha value is -2.85. The lowest BCUT2D eigenvalue weighted by molar-refractivity contribution is -0.150. The molecule has 2 atom stereocenters. The van der Waals surface area contributed by atoms with Crippen molar-refractivity contribution in [3.63, 3.8) is 0 Å². The van der Waals surface area contributed by atoms with Crippen molar-refractivity contribution >= 4 is 69.7 Å². The van der Waals surface area contributed by atoms with Crippen LogP contribution in [0, 0.1) is 0 Å². The first-order valence-electron chi connectivity index (χ1n) is 8.01. The number of carboxylic acids is 2. The van der Waals surface area contributed by atoms with Gasteiger partial charge in [0.25, 0.3) is 11.8 Å². The van der Waals surface area contributed by atoms with Crippen LogP contribution in [-0.2, 0) is 24.0 Å². The number of thioether (sulfide) groups is 2. The van der Waals surface area contributed by atoms with Crippen LogP contribution in [0.3, 0.4) is 0 Å². The topological polar surface area (TPSA) is 197 Å². The summed E-state index contributed by atoms with van der Waals surface area (Å²) in [6.07, 6.45) is 1.72. The molecule has 1 unspecified atom stereocenters. The van der Waals surface area contributed by atoms with Gasteiger partial charge in [0, 0.05) is 22.2 Å². The highest BCUT2D eigenvalue weighted by Crippen LogP contribution is 2.42. The number of nitrogens with one attached hydrogen (secondary N) is 1. The summed E-state index contributed by atoms with van der Waals surface area (Å²) in [5, 5.41) is 23.5. The molecule has 1 fully saturated rings. The maximum absolute atomic E-state index is 12.7. The van der Waals surface area contributed by atoms with Gasteiger partial charge in [0.05, 0.1) is 0 Å². The third-order valence-corrected chi connectivity index (χ3v) is 6.72. The number of carbonyl (C=O) groups is 4. The Morgan fingerprint density at radius 1 is 1.43 bits per heavy atom. The second-order valence-electron chi connectivity index (χ2n) is 5.71. The van der Waals surface area contributed by atoms with E-state index in [2.05, 4.69) is 24.7 Å². The first kappa shape index (κ1) is 21.8. The van der Waals surface area contributed by atoms with E-state index in [0.29, 0.717) is 10.7 Å². The standard InChI is InChI=1S/C14H14N6O7S3/c1-28-4-3-29-12-7(11(24)20(12)8(4)13(25)26)16-10(23)6(18-27-2-5(21)22)9-17-14(15)30-19-9/h7,12H,2-3H2,1H3,(H,16,23)(H,21,22)(H,25,26)(H2,15,17,19)/t7?,12-/m0/s1. The highest BCUT2D eigenvalue weighted by molar-refractivity contribution is 8.05. The largest absolute Gasteiger partial charge is 0.479 e. The van der Waals surface area contributed by atoms with Gasteiger partial charge in [-0.25, -0.2) is 9.59 Å². The van der Waals surface area contributed by atoms with E-state index < -0.39 is 47.5 Å². The molecule has 2 amide bonds. The molecule has 0 aromatic carbocycles. The number of hydrogen-bond donors (Lipinski definition) is 4. The molecule has 13 nitrogen and oxygen atoms in total. The zero-order valence-electron chi connectivity index (χ0n) is 15.1. The SMILES string of the molecule is CSC1=C(C(=O)O)N2C(=O)C(NC(=O)C(=NOCC(=O)O)c3nsc(N)n3)[C@@H]2SC1. The number of rotatable bonds is 8. The van der Waals surface area contributed by atoms with Gasteiger partial charge >= 0.3 is 11.9 Å². The third-order valence-electron chi connectivity index (χ3n) is 3.88. The first-order chi connectivity index (χ1) is 14.2. The number of aromatic nitrogens is 2. The summed E-state index contributed by atoms with van der Waals surface area (Å²) in [6, 6.07) is -1.01. The van der Waals surface area contributed by atoms with Gasteiger partial charge in [-0.2, -0.15) is 9.36 Å². The van der Waals surface area contributed by atoms with Crippen LogP contribution < -0.4 is 11.1 Å². The first-order valence-corrected chi connectivity index (χ1v) is 11.1. The van der Waals surface area contributed by atoms with Crippen LogP contribution >= 0.6 is 35.1 Å². The molecule has 16 heteroatoms. The lowest BCUT2D eigenvalue weighted by atomic mass is 10.0. The van der Waals surface area contributed by atoms with Crippen LogP contribution in [0.5, 0.6) is 0 Å². The van der Waals surface area contributed by atoms with Gasteiger partial charge in [0.15, 0.2) is 5.13 Å². The van der Waals surface area contributed by atoms with E-state index in [0.717, 1.165) is 16.4 Å². The molecular formula is C14H14N6O7S3. The molecule has 30 heavy (non-hydrogen) atoms. The van der Waals surface area contributed by atoms with Crippen LogP contribution in [0.25, 0.3) is 0 Å². The second kappa shape index (κ2) is 8.88. The number of anilines is 1. The smallest absolute Gasteiger partial charge is 0.353 e. The van der Waals surface area contributed by atoms with Crippen molar-refractivity contribution in [3.05, 3.63) is 16.4 Å². The number of nitrogens with zero attached hydrogens (tertiary/aromatic N) is 4. The molecule has 1 aromatic rings. The van der Waals surface area contributed by atoms with Crippen LogP contribution in [0.15, 0.2) is 15.8 Å². The molecular weight excluding hydrogens is 460 g/mol. The number of carboxylic acid groups (broad SMARTS) is 2. The number of oxime groups is 1. The van der Waals surface area contributed by atoms with E-state index in [-0.39, 0.29) is 16.7 Å². The highest BCUT2D eigenvalue weighted by Gasteiger charge is 2.54. The zero-order chi connectivity index (χ0) is 22.0. The van der Waals surface area contributed by atoms with E-state index in [4.69, 9.17) is 10.8 Å². The van der Waals surface area contributed by atoms with Gasteiger partial charge in [-0.15, -0.1) is 23.5 Å². The summed E-state index contributed by atoms with van der Waals surface area (Å²) in [4.78, 5) is 57.6. The molecule has 3 rings (SSSR count). The lowest BCUT2D eigenvalue weighted by Gasteiger charge is -2.49. The number of aliphatic carboxylic acids is 2. The fourth-order valence-corrected chi connectivity index (χ4v) is 5.31. The van der Waals surface area contributed by atoms with Gasteiger partial charge in [-0.3, -0.25) is 14.5 Å². The number of nitrogens with two attached hydrogens (primary N) is 1. The predicted molar refractivity (Wildman–Crippen MR) is 108 cm³/mol. The van der Waals surface area contributed by atoms with E-state index in [9.17, 15) is 24.3 Å². The van der Waals surface area contributed by atoms with Crippen molar-refractivity contribution < 1.29 is 34.2 Å². The third kappa shape index (κ3) is 4.19. The van der Waals surface area contributed by atoms with Gasteiger partial charge in [-0.1, -0.05) is 5.16 Å². The fourth-order valence-electron chi connectivity index (χ4n) is 2.62. The number of hydrogen-bond acceptors (Lipinski definition) is 12. The Labute approximate surface area is 180 Å². The minimum Gasteiger partial charge on any atom is -0.479 e. The van der Waals surface area contributed by atoms with E-state index >= 15 is 0 Å². The summed E-state index contributed by atoms with van der Waals surface area (Å²) < 4.78 is 3.84. The minimum atomic E-state index is -1.31. The zero-order valence-corrected chi connectivity index (χ0v) is 17.5. The Bertz CT molecular complexity index is 977. The summed E-state index contributed by atoms with van der Waals surface area (Å²) in [6.45, 7) is -0.810. The molecule has 0 saturated carbocycles. The number of β-lactam (4-membered cyclic amide) rings is 1. The van der Waals surface area contributed by atoms with Crippen molar-refractivity contribution in [2.45, 2.75) is 11.4 Å². The molecule has 5 N–H and O–H groups in total. The monoisotopic (exact) mass is 474 g/mol. The van der Waals surface area contributed by atoms with Crippen molar-refractivity contribution in [2.75, 3.05) is 24.3 Å². The molecule has 1 saturated heterocycles. The number of carbonyl (C=O) groups excluding carboxylic acids is 2. The fraction of sp³-hybridized carbons (Fsp3) is 0.357. The molecule has 3 heterocycles. The molecule has 0 radical (unpaired) electrons. The van der Waals surface area contributed by atoms with Gasteiger partial charge in [-0.05, 0) is 6.26 Å². The summed E-state index contributed by atoms with van der Waals surface area (Å²) in [5.41, 5.74) is 4.94. The highest BCUT2D eigenvalue weighted by atomic mass is 32.2. The molecule has 2 aliphatic rings. The number of fused-ring (bicyclic) bond motifs is 1. The van der Waals surface area contributed by atoms with E-state index in [1.807, 2.05) is 0 Å². The number of nitrogen functional groups attached to an aromatic ring is 1. The summed E-state index contributed by atoms with van der Waals surface area (Å²) >= 11 is 3.33. The Kier molecular flexibility index (Phi) is 6.47. The predicted octanol–water partition coefficient (Wildman–Crippen LogP) is -1.02. The van der Waals surface area contributed by atoms with Gasteiger partial charge in [0.2, 0.25) is 18.1 Å². The van der Waals surface area contributed by atoms with Crippen molar-refractivity contribution in [1.29, 1.82) is 0 Å². The van der Waals surface area contributed by atoms with E-state index in [1.54, 1.807) is 6.26 Å².